The second-order valence-corrected chi connectivity index (χ2v) is 6.12. The quantitative estimate of drug-likeness (QED) is 0.631. The van der Waals surface area contributed by atoms with Gasteiger partial charge >= 0.3 is 5.97 Å². The third-order valence-electron chi connectivity index (χ3n) is 4.47. The van der Waals surface area contributed by atoms with Crippen LogP contribution in [0.2, 0.25) is 0 Å². The van der Waals surface area contributed by atoms with Gasteiger partial charge in [-0.25, -0.2) is 19.3 Å². The van der Waals surface area contributed by atoms with Crippen molar-refractivity contribution in [2.24, 2.45) is 0 Å². The number of anilines is 1. The highest BCUT2D eigenvalue weighted by Gasteiger charge is 2.25. The molecule has 0 saturated carbocycles. The Morgan fingerprint density at radius 2 is 2.14 bits per heavy atom. The molecule has 28 heavy (non-hydrogen) atoms. The predicted molar refractivity (Wildman–Crippen MR) is 99.9 cm³/mol. The first-order chi connectivity index (χ1) is 13.7. The molecule has 0 aliphatic carbocycles. The lowest BCUT2D eigenvalue weighted by Crippen LogP contribution is -2.36. The Morgan fingerprint density at radius 1 is 1.32 bits per heavy atom. The fraction of sp³-hybridized carbons (Fsp3) is 0.316. The summed E-state index contributed by atoms with van der Waals surface area (Å²) in [6.45, 7) is 4.71. The summed E-state index contributed by atoms with van der Waals surface area (Å²) in [4.78, 5) is 23.4. The molecule has 1 aliphatic heterocycles. The lowest BCUT2D eigenvalue weighted by molar-refractivity contribution is 0.0521. The Bertz CT molecular complexity index is 1050. The number of hydrogen-bond acceptors (Lipinski definition) is 8. The van der Waals surface area contributed by atoms with Gasteiger partial charge in [-0.2, -0.15) is 10.4 Å². The third kappa shape index (κ3) is 3.14. The van der Waals surface area contributed by atoms with Crippen LogP contribution in [0.15, 0.2) is 30.6 Å². The largest absolute Gasteiger partial charge is 0.461 e. The molecular formula is C19H18N6O3. The summed E-state index contributed by atoms with van der Waals surface area (Å²) in [5, 5.41) is 13.4. The number of fused-ring (bicyclic) bond motifs is 1. The Kier molecular flexibility index (Phi) is 4.87. The normalized spacial score (nSPS) is 14.1. The average Bonchev–Trinajstić information content (AvgIpc) is 3.14. The highest BCUT2D eigenvalue weighted by Crippen LogP contribution is 2.29. The van der Waals surface area contributed by atoms with Gasteiger partial charge in [-0.1, -0.05) is 0 Å². The summed E-state index contributed by atoms with van der Waals surface area (Å²) in [6.07, 6.45) is 3.21. The first-order valence-corrected chi connectivity index (χ1v) is 8.97. The van der Waals surface area contributed by atoms with Crippen molar-refractivity contribution in [1.82, 2.24) is 19.6 Å². The lowest BCUT2D eigenvalue weighted by Gasteiger charge is -2.28. The van der Waals surface area contributed by atoms with Gasteiger partial charge in [-0.3, -0.25) is 0 Å². The molecule has 4 rings (SSSR count). The molecule has 4 heterocycles. The van der Waals surface area contributed by atoms with Gasteiger partial charge in [0, 0.05) is 24.8 Å². The van der Waals surface area contributed by atoms with Crippen LogP contribution >= 0.6 is 0 Å². The number of morpholine rings is 1. The van der Waals surface area contributed by atoms with Crippen LogP contribution in [0, 0.1) is 11.3 Å². The van der Waals surface area contributed by atoms with E-state index in [4.69, 9.17) is 14.7 Å². The van der Waals surface area contributed by atoms with E-state index < -0.39 is 5.97 Å². The molecule has 0 atom stereocenters. The number of rotatable bonds is 4. The smallest absolute Gasteiger partial charge is 0.359 e. The molecule has 0 spiro atoms. The molecule has 0 unspecified atom stereocenters. The van der Waals surface area contributed by atoms with E-state index in [1.165, 1.54) is 6.20 Å². The van der Waals surface area contributed by atoms with Crippen LogP contribution < -0.4 is 4.90 Å². The average molecular weight is 378 g/mol. The number of carbonyl (C=O) groups excluding carboxylic acids is 1. The van der Waals surface area contributed by atoms with Crippen LogP contribution in [0.3, 0.4) is 0 Å². The molecule has 9 nitrogen and oxygen atoms in total. The molecule has 9 heteroatoms. The van der Waals surface area contributed by atoms with Crippen molar-refractivity contribution in [3.8, 4) is 17.3 Å². The Morgan fingerprint density at radius 3 is 2.82 bits per heavy atom. The van der Waals surface area contributed by atoms with Crippen LogP contribution in [0.1, 0.15) is 23.1 Å². The molecule has 1 aliphatic rings. The van der Waals surface area contributed by atoms with Crippen molar-refractivity contribution in [2.45, 2.75) is 6.92 Å². The topological polar surface area (TPSA) is 106 Å². The molecular weight excluding hydrogens is 360 g/mol. The summed E-state index contributed by atoms with van der Waals surface area (Å²) >= 11 is 0. The van der Waals surface area contributed by atoms with E-state index in [1.807, 2.05) is 12.1 Å². The zero-order valence-corrected chi connectivity index (χ0v) is 15.3. The Balaban J connectivity index is 1.91. The fourth-order valence-corrected chi connectivity index (χ4v) is 3.19. The third-order valence-corrected chi connectivity index (χ3v) is 4.47. The van der Waals surface area contributed by atoms with E-state index in [0.717, 1.165) is 18.8 Å². The van der Waals surface area contributed by atoms with E-state index in [-0.39, 0.29) is 18.0 Å². The predicted octanol–water partition coefficient (Wildman–Crippen LogP) is 1.68. The van der Waals surface area contributed by atoms with Crippen LogP contribution in [0.25, 0.3) is 16.9 Å². The van der Waals surface area contributed by atoms with Crippen molar-refractivity contribution in [3.63, 3.8) is 0 Å². The summed E-state index contributed by atoms with van der Waals surface area (Å²) in [5.41, 5.74) is 3.00. The van der Waals surface area contributed by atoms with Gasteiger partial charge in [0.2, 0.25) is 0 Å². The summed E-state index contributed by atoms with van der Waals surface area (Å²) in [7, 11) is 0. The van der Waals surface area contributed by atoms with Gasteiger partial charge in [0.15, 0.2) is 11.3 Å². The molecule has 0 radical (unpaired) electrons. The first kappa shape index (κ1) is 17.9. The molecule has 3 aromatic heterocycles. The maximum atomic E-state index is 12.6. The zero-order chi connectivity index (χ0) is 19.5. The van der Waals surface area contributed by atoms with E-state index in [9.17, 15) is 4.79 Å². The highest BCUT2D eigenvalue weighted by atomic mass is 16.5. The number of carbonyl (C=O) groups is 1. The lowest BCUT2D eigenvalue weighted by atomic mass is 10.1. The zero-order valence-electron chi connectivity index (χ0n) is 15.3. The van der Waals surface area contributed by atoms with Gasteiger partial charge in [-0.05, 0) is 25.1 Å². The number of hydrogen-bond donors (Lipinski definition) is 0. The first-order valence-electron chi connectivity index (χ1n) is 8.97. The molecule has 0 aromatic carbocycles. The monoisotopic (exact) mass is 378 g/mol. The standard InChI is InChI=1S/C19H18N6O3/c1-2-28-19(26)16-17(13-3-4-14(11-20)21-12-13)25-18(23-16)15(5-6-22-25)24-7-9-27-10-8-24/h3-6,12H,2,7-10H2,1H3. The summed E-state index contributed by atoms with van der Waals surface area (Å²) in [6, 6.07) is 7.18. The minimum atomic E-state index is -0.528. The number of pyridine rings is 1. The van der Waals surface area contributed by atoms with Crippen molar-refractivity contribution in [2.75, 3.05) is 37.8 Å². The summed E-state index contributed by atoms with van der Waals surface area (Å²) in [5.74, 6) is -0.528. The number of aromatic nitrogens is 4. The molecule has 1 saturated heterocycles. The van der Waals surface area contributed by atoms with E-state index in [0.29, 0.717) is 30.1 Å². The van der Waals surface area contributed by atoms with Crippen molar-refractivity contribution in [3.05, 3.63) is 42.0 Å². The minimum absolute atomic E-state index is 0.168. The molecule has 0 bridgehead atoms. The maximum Gasteiger partial charge on any atom is 0.359 e. The molecule has 1 fully saturated rings. The maximum absolute atomic E-state index is 12.6. The van der Waals surface area contributed by atoms with Crippen LogP contribution in [-0.2, 0) is 9.47 Å². The van der Waals surface area contributed by atoms with E-state index in [2.05, 4.69) is 20.0 Å². The van der Waals surface area contributed by atoms with Gasteiger partial charge in [-0.15, -0.1) is 0 Å². The van der Waals surface area contributed by atoms with Crippen molar-refractivity contribution >= 4 is 17.3 Å². The number of nitriles is 1. The van der Waals surface area contributed by atoms with Gasteiger partial charge in [0.1, 0.15) is 17.5 Å². The molecule has 0 N–H and O–H groups in total. The number of esters is 1. The SMILES string of the molecule is CCOC(=O)c1nc2c(N3CCOCC3)ccnn2c1-c1ccc(C#N)nc1. The second kappa shape index (κ2) is 7.62. The number of imidazole rings is 1. The van der Waals surface area contributed by atoms with Crippen molar-refractivity contribution < 1.29 is 14.3 Å². The van der Waals surface area contributed by atoms with Gasteiger partial charge in [0.25, 0.3) is 0 Å². The highest BCUT2D eigenvalue weighted by molar-refractivity contribution is 5.96. The molecule has 142 valence electrons. The van der Waals surface area contributed by atoms with Gasteiger partial charge < -0.3 is 14.4 Å². The van der Waals surface area contributed by atoms with Crippen LogP contribution in [0.4, 0.5) is 5.69 Å². The van der Waals surface area contributed by atoms with E-state index >= 15 is 0 Å². The fourth-order valence-electron chi connectivity index (χ4n) is 3.19. The second-order valence-electron chi connectivity index (χ2n) is 6.12. The minimum Gasteiger partial charge on any atom is -0.461 e. The Labute approximate surface area is 161 Å². The number of nitrogens with zero attached hydrogens (tertiary/aromatic N) is 6. The molecule has 0 amide bonds. The summed E-state index contributed by atoms with van der Waals surface area (Å²) < 4.78 is 12.3. The van der Waals surface area contributed by atoms with E-state index in [1.54, 1.807) is 29.8 Å². The Hall–Kier alpha value is -3.51. The van der Waals surface area contributed by atoms with Crippen LogP contribution in [0.5, 0.6) is 0 Å². The molecule has 3 aromatic rings. The van der Waals surface area contributed by atoms with Crippen LogP contribution in [-0.4, -0.2) is 58.5 Å². The van der Waals surface area contributed by atoms with Gasteiger partial charge in [0.05, 0.1) is 31.7 Å². The number of ether oxygens (including phenoxy) is 2. The van der Waals surface area contributed by atoms with Crippen molar-refractivity contribution in [1.29, 1.82) is 5.26 Å².